The molecule has 0 aliphatic heterocycles. The van der Waals surface area contributed by atoms with Gasteiger partial charge < -0.3 is 0 Å². The van der Waals surface area contributed by atoms with E-state index in [1.807, 2.05) is 42.5 Å². The molecule has 73 valence electrons. The minimum atomic E-state index is 0. The van der Waals surface area contributed by atoms with Gasteiger partial charge in [-0.1, -0.05) is 34.1 Å². The van der Waals surface area contributed by atoms with Gasteiger partial charge in [-0.15, -0.1) is 0 Å². The van der Waals surface area contributed by atoms with E-state index in [0.717, 1.165) is 15.7 Å². The first-order chi connectivity index (χ1) is 6.36. The maximum Gasteiger partial charge on any atom is 0.0701 e. The maximum atomic E-state index is 4.26. The summed E-state index contributed by atoms with van der Waals surface area (Å²) < 4.78 is 1.09. The first-order valence-electron chi connectivity index (χ1n) is 4.03. The monoisotopic (exact) mass is 426 g/mol. The Bertz CT molecular complexity index is 386. The van der Waals surface area contributed by atoms with E-state index in [4.69, 9.17) is 0 Å². The normalized spacial score (nSPS) is 9.21. The fourth-order valence-electron chi connectivity index (χ4n) is 1.15. The molecule has 0 spiro atoms. The molecule has 0 bridgehead atoms. The molecular weight excluding hydrogens is 418 g/mol. The summed E-state index contributed by atoms with van der Waals surface area (Å²) in [5.41, 5.74) is 2.15. The van der Waals surface area contributed by atoms with E-state index in [2.05, 4.69) is 20.9 Å². The number of benzene rings is 1. The molecule has 0 N–H and O–H groups in total. The molecule has 2 rings (SSSR count). The molecule has 1 heterocycles. The Morgan fingerprint density at radius 1 is 0.929 bits per heavy atom. The van der Waals surface area contributed by atoms with E-state index in [1.54, 1.807) is 6.20 Å². The van der Waals surface area contributed by atoms with Crippen molar-refractivity contribution in [1.29, 1.82) is 0 Å². The summed E-state index contributed by atoms with van der Waals surface area (Å²) >= 11 is 3.40. The number of nitrogens with zero attached hydrogens (tertiary/aromatic N) is 1. The van der Waals surface area contributed by atoms with Crippen molar-refractivity contribution in [3.63, 3.8) is 0 Å². The van der Waals surface area contributed by atoms with Crippen LogP contribution in [0.5, 0.6) is 0 Å². The topological polar surface area (TPSA) is 12.9 Å². The molecule has 0 fully saturated rings. The van der Waals surface area contributed by atoms with Crippen LogP contribution in [0.1, 0.15) is 0 Å². The number of hydrogen-bond donors (Lipinski definition) is 0. The molecule has 3 heteroatoms. The molecule has 14 heavy (non-hydrogen) atoms. The number of aromatic nitrogens is 1. The number of pyridine rings is 1. The first kappa shape index (κ1) is 11.6. The molecule has 0 unspecified atom stereocenters. The number of hydrogen-bond acceptors (Lipinski definition) is 1. The van der Waals surface area contributed by atoms with E-state index in [0.29, 0.717) is 0 Å². The van der Waals surface area contributed by atoms with Crippen molar-refractivity contribution in [2.75, 3.05) is 0 Å². The second-order valence-electron chi connectivity index (χ2n) is 2.72. The van der Waals surface area contributed by atoms with Crippen LogP contribution < -0.4 is 0 Å². The average Bonchev–Trinajstić information content (AvgIpc) is 2.20. The van der Waals surface area contributed by atoms with Crippen LogP contribution in [0.4, 0.5) is 0 Å². The van der Waals surface area contributed by atoms with Crippen LogP contribution in [0, 0.1) is 0 Å². The first-order valence-corrected chi connectivity index (χ1v) is 4.82. The Labute approximate surface area is 105 Å². The van der Waals surface area contributed by atoms with Crippen LogP contribution in [0.15, 0.2) is 53.1 Å². The molecule has 0 aliphatic rings. The Hall–Kier alpha value is -0.501. The van der Waals surface area contributed by atoms with Crippen LogP contribution in [-0.2, 0) is 20.1 Å². The van der Waals surface area contributed by atoms with E-state index >= 15 is 0 Å². The smallest absolute Gasteiger partial charge is 0.0701 e. The summed E-state index contributed by atoms with van der Waals surface area (Å²) in [6.07, 6.45) is 1.80. The molecule has 1 aromatic carbocycles. The van der Waals surface area contributed by atoms with Gasteiger partial charge in [-0.3, -0.25) is 4.98 Å². The predicted octanol–water partition coefficient (Wildman–Crippen LogP) is 3.51. The molecule has 0 amide bonds. The molecule has 1 radical (unpaired) electrons. The van der Waals surface area contributed by atoms with Gasteiger partial charge in [0.2, 0.25) is 0 Å². The van der Waals surface area contributed by atoms with Crippen LogP contribution in [0.3, 0.4) is 0 Å². The maximum absolute atomic E-state index is 4.26. The summed E-state index contributed by atoms with van der Waals surface area (Å²) in [6.45, 7) is 0. The van der Waals surface area contributed by atoms with Crippen LogP contribution in [0.25, 0.3) is 11.3 Å². The standard InChI is InChI=1S/C11H8BrN.Ir/c12-10-6-4-9(5-7-10)11-3-1-2-8-13-11;/h1-8H;. The Morgan fingerprint density at radius 3 is 2.21 bits per heavy atom. The molecular formula is C11H8BrIrN. The zero-order valence-corrected chi connectivity index (χ0v) is 11.3. The zero-order chi connectivity index (χ0) is 9.10. The Balaban J connectivity index is 0.000000980. The van der Waals surface area contributed by atoms with E-state index in [1.165, 1.54) is 0 Å². The number of halogens is 1. The minimum absolute atomic E-state index is 0. The summed E-state index contributed by atoms with van der Waals surface area (Å²) in [6, 6.07) is 14.0. The summed E-state index contributed by atoms with van der Waals surface area (Å²) in [5.74, 6) is 0. The second kappa shape index (κ2) is 5.40. The zero-order valence-electron chi connectivity index (χ0n) is 7.28. The third-order valence-corrected chi connectivity index (χ3v) is 2.33. The summed E-state index contributed by atoms with van der Waals surface area (Å²) in [7, 11) is 0. The van der Waals surface area contributed by atoms with E-state index < -0.39 is 0 Å². The fraction of sp³-hybridized carbons (Fsp3) is 0. The van der Waals surface area contributed by atoms with Gasteiger partial charge in [-0.25, -0.2) is 0 Å². The van der Waals surface area contributed by atoms with Crippen molar-refractivity contribution in [2.45, 2.75) is 0 Å². The molecule has 2 aromatic rings. The molecule has 0 atom stereocenters. The van der Waals surface area contributed by atoms with E-state index in [-0.39, 0.29) is 20.1 Å². The van der Waals surface area contributed by atoms with Gasteiger partial charge in [-0.2, -0.15) is 0 Å². The quantitative estimate of drug-likeness (QED) is 0.681. The van der Waals surface area contributed by atoms with Crippen molar-refractivity contribution in [2.24, 2.45) is 0 Å². The molecule has 0 aliphatic carbocycles. The van der Waals surface area contributed by atoms with Gasteiger partial charge in [0.05, 0.1) is 5.69 Å². The SMILES string of the molecule is Brc1ccc(-c2ccccn2)cc1.[Ir]. The molecule has 0 saturated heterocycles. The Kier molecular flexibility index (Phi) is 4.46. The van der Waals surface area contributed by atoms with Crippen molar-refractivity contribution in [3.8, 4) is 11.3 Å². The van der Waals surface area contributed by atoms with Gasteiger partial charge >= 0.3 is 0 Å². The molecule has 0 saturated carbocycles. The van der Waals surface area contributed by atoms with Crippen LogP contribution in [0.2, 0.25) is 0 Å². The van der Waals surface area contributed by atoms with Gasteiger partial charge in [0, 0.05) is 36.3 Å². The van der Waals surface area contributed by atoms with Crippen molar-refractivity contribution in [1.82, 2.24) is 4.98 Å². The van der Waals surface area contributed by atoms with Crippen molar-refractivity contribution in [3.05, 3.63) is 53.1 Å². The van der Waals surface area contributed by atoms with Crippen molar-refractivity contribution < 1.29 is 20.1 Å². The third kappa shape index (κ3) is 2.74. The van der Waals surface area contributed by atoms with Gasteiger partial charge in [-0.05, 0) is 24.3 Å². The minimum Gasteiger partial charge on any atom is -0.256 e. The summed E-state index contributed by atoms with van der Waals surface area (Å²) in [4.78, 5) is 4.26. The predicted molar refractivity (Wildman–Crippen MR) is 57.4 cm³/mol. The van der Waals surface area contributed by atoms with Gasteiger partial charge in [0.1, 0.15) is 0 Å². The summed E-state index contributed by atoms with van der Waals surface area (Å²) in [5, 5.41) is 0. The van der Waals surface area contributed by atoms with Gasteiger partial charge in [0.25, 0.3) is 0 Å². The third-order valence-electron chi connectivity index (χ3n) is 1.80. The Morgan fingerprint density at radius 2 is 1.64 bits per heavy atom. The van der Waals surface area contributed by atoms with E-state index in [9.17, 15) is 0 Å². The fourth-order valence-corrected chi connectivity index (χ4v) is 1.42. The van der Waals surface area contributed by atoms with Gasteiger partial charge in [0.15, 0.2) is 0 Å². The number of rotatable bonds is 1. The largest absolute Gasteiger partial charge is 0.256 e. The van der Waals surface area contributed by atoms with Crippen molar-refractivity contribution >= 4 is 15.9 Å². The molecule has 1 nitrogen and oxygen atoms in total. The average molecular weight is 426 g/mol. The second-order valence-corrected chi connectivity index (χ2v) is 3.64. The van der Waals surface area contributed by atoms with Crippen LogP contribution >= 0.6 is 15.9 Å². The van der Waals surface area contributed by atoms with Crippen LogP contribution in [-0.4, -0.2) is 4.98 Å². The molecule has 1 aromatic heterocycles.